The fourth-order valence-corrected chi connectivity index (χ4v) is 2.36. The van der Waals surface area contributed by atoms with Crippen molar-refractivity contribution in [1.82, 2.24) is 15.2 Å². The number of amides is 1. The van der Waals surface area contributed by atoms with Crippen LogP contribution in [0.2, 0.25) is 0 Å². The molecule has 4 heteroatoms. The molecular weight excluding hydrogens is 214 g/mol. The molecule has 0 bridgehead atoms. The van der Waals surface area contributed by atoms with E-state index >= 15 is 0 Å². The van der Waals surface area contributed by atoms with Gasteiger partial charge in [-0.05, 0) is 44.5 Å². The van der Waals surface area contributed by atoms with Crippen LogP contribution in [0, 0.1) is 5.92 Å². The van der Waals surface area contributed by atoms with Crippen molar-refractivity contribution in [2.24, 2.45) is 5.92 Å². The molecule has 92 valence electrons. The summed E-state index contributed by atoms with van der Waals surface area (Å²) >= 11 is 0. The van der Waals surface area contributed by atoms with Crippen LogP contribution < -0.4 is 5.32 Å². The second-order valence-corrected chi connectivity index (χ2v) is 4.53. The minimum Gasteiger partial charge on any atom is -0.337 e. The second kappa shape index (κ2) is 5.77. The minimum absolute atomic E-state index is 0.0615. The van der Waals surface area contributed by atoms with Crippen molar-refractivity contribution in [1.29, 1.82) is 0 Å². The summed E-state index contributed by atoms with van der Waals surface area (Å²) in [6.07, 6.45) is 3.96. The first-order chi connectivity index (χ1) is 8.31. The number of pyridine rings is 1. The Kier molecular flexibility index (Phi) is 4.09. The van der Waals surface area contributed by atoms with Crippen LogP contribution in [-0.2, 0) is 0 Å². The van der Waals surface area contributed by atoms with Gasteiger partial charge >= 0.3 is 0 Å². The van der Waals surface area contributed by atoms with E-state index in [2.05, 4.69) is 10.3 Å². The van der Waals surface area contributed by atoms with Gasteiger partial charge in [0.1, 0.15) is 5.69 Å². The predicted octanol–water partition coefficient (Wildman–Crippen LogP) is 1.15. The lowest BCUT2D eigenvalue weighted by Crippen LogP contribution is -2.42. The Bertz CT molecular complexity index is 364. The molecule has 2 rings (SSSR count). The Morgan fingerprint density at radius 3 is 3.18 bits per heavy atom. The molecule has 1 atom stereocenters. The van der Waals surface area contributed by atoms with Crippen molar-refractivity contribution in [2.45, 2.75) is 12.8 Å². The normalized spacial score (nSPS) is 20.3. The summed E-state index contributed by atoms with van der Waals surface area (Å²) in [5.74, 6) is 0.632. The van der Waals surface area contributed by atoms with Gasteiger partial charge < -0.3 is 10.2 Å². The van der Waals surface area contributed by atoms with E-state index in [9.17, 15) is 4.79 Å². The zero-order valence-corrected chi connectivity index (χ0v) is 10.2. The SMILES string of the molecule is CNCC1CCCN(C(=O)c2ccccn2)C1. The molecule has 1 fully saturated rings. The van der Waals surface area contributed by atoms with E-state index in [4.69, 9.17) is 0 Å². The van der Waals surface area contributed by atoms with Gasteiger partial charge in [0.15, 0.2) is 0 Å². The van der Waals surface area contributed by atoms with Crippen molar-refractivity contribution >= 4 is 5.91 Å². The van der Waals surface area contributed by atoms with E-state index in [1.807, 2.05) is 24.1 Å². The highest BCUT2D eigenvalue weighted by atomic mass is 16.2. The van der Waals surface area contributed by atoms with Crippen molar-refractivity contribution in [3.05, 3.63) is 30.1 Å². The fraction of sp³-hybridized carbons (Fsp3) is 0.538. The first kappa shape index (κ1) is 12.0. The largest absolute Gasteiger partial charge is 0.337 e. The van der Waals surface area contributed by atoms with Gasteiger partial charge in [0.25, 0.3) is 5.91 Å². The Morgan fingerprint density at radius 2 is 2.47 bits per heavy atom. The number of nitrogens with one attached hydrogen (secondary N) is 1. The van der Waals surface area contributed by atoms with Gasteiger partial charge in [-0.3, -0.25) is 9.78 Å². The summed E-state index contributed by atoms with van der Waals surface area (Å²) in [6, 6.07) is 5.47. The van der Waals surface area contributed by atoms with E-state index in [1.165, 1.54) is 6.42 Å². The predicted molar refractivity (Wildman–Crippen MR) is 66.8 cm³/mol. The monoisotopic (exact) mass is 233 g/mol. The summed E-state index contributed by atoms with van der Waals surface area (Å²) in [7, 11) is 1.96. The number of likely N-dealkylation sites (tertiary alicyclic amines) is 1. The molecule has 1 saturated heterocycles. The van der Waals surface area contributed by atoms with Gasteiger partial charge in [-0.25, -0.2) is 0 Å². The molecular formula is C13H19N3O. The van der Waals surface area contributed by atoms with Crippen LogP contribution in [0.4, 0.5) is 0 Å². The molecule has 1 N–H and O–H groups in total. The van der Waals surface area contributed by atoms with Gasteiger partial charge in [0, 0.05) is 19.3 Å². The topological polar surface area (TPSA) is 45.2 Å². The van der Waals surface area contributed by atoms with Gasteiger partial charge in [0.2, 0.25) is 0 Å². The number of piperidine rings is 1. The molecule has 1 amide bonds. The first-order valence-corrected chi connectivity index (χ1v) is 6.16. The van der Waals surface area contributed by atoms with E-state index in [1.54, 1.807) is 12.3 Å². The summed E-state index contributed by atoms with van der Waals surface area (Å²) in [5.41, 5.74) is 0.553. The van der Waals surface area contributed by atoms with Crippen molar-refractivity contribution in [2.75, 3.05) is 26.7 Å². The molecule has 1 aliphatic heterocycles. The Morgan fingerprint density at radius 1 is 1.59 bits per heavy atom. The molecule has 17 heavy (non-hydrogen) atoms. The third-order valence-corrected chi connectivity index (χ3v) is 3.18. The molecule has 0 saturated carbocycles. The minimum atomic E-state index is 0.0615. The number of rotatable bonds is 3. The molecule has 1 aromatic heterocycles. The third-order valence-electron chi connectivity index (χ3n) is 3.18. The fourth-order valence-electron chi connectivity index (χ4n) is 2.36. The Balaban J connectivity index is 2.00. The summed E-state index contributed by atoms with van der Waals surface area (Å²) in [5, 5.41) is 3.18. The highest BCUT2D eigenvalue weighted by Crippen LogP contribution is 2.17. The van der Waals surface area contributed by atoms with Crippen LogP contribution >= 0.6 is 0 Å². The highest BCUT2D eigenvalue weighted by Gasteiger charge is 2.24. The van der Waals surface area contributed by atoms with Crippen LogP contribution in [0.5, 0.6) is 0 Å². The number of carbonyl (C=O) groups excluding carboxylic acids is 1. The maximum Gasteiger partial charge on any atom is 0.272 e. The average molecular weight is 233 g/mol. The van der Waals surface area contributed by atoms with E-state index in [-0.39, 0.29) is 5.91 Å². The highest BCUT2D eigenvalue weighted by molar-refractivity contribution is 5.92. The molecule has 1 aliphatic rings. The van der Waals surface area contributed by atoms with Gasteiger partial charge in [-0.15, -0.1) is 0 Å². The standard InChI is InChI=1S/C13H19N3O/c1-14-9-11-5-4-8-16(10-11)13(17)12-6-2-3-7-15-12/h2-3,6-7,11,14H,4-5,8-10H2,1H3. The lowest BCUT2D eigenvalue weighted by Gasteiger charge is -2.32. The summed E-state index contributed by atoms with van der Waals surface area (Å²) in [4.78, 5) is 18.2. The number of hydrogen-bond donors (Lipinski definition) is 1. The van der Waals surface area contributed by atoms with Gasteiger partial charge in [-0.2, -0.15) is 0 Å². The van der Waals surface area contributed by atoms with Crippen LogP contribution in [0.3, 0.4) is 0 Å². The van der Waals surface area contributed by atoms with E-state index in [0.29, 0.717) is 11.6 Å². The van der Waals surface area contributed by atoms with Crippen molar-refractivity contribution in [3.63, 3.8) is 0 Å². The average Bonchev–Trinajstić information content (AvgIpc) is 2.40. The molecule has 0 spiro atoms. The van der Waals surface area contributed by atoms with Crippen LogP contribution in [0.15, 0.2) is 24.4 Å². The summed E-state index contributed by atoms with van der Waals surface area (Å²) in [6.45, 7) is 2.68. The van der Waals surface area contributed by atoms with E-state index < -0.39 is 0 Å². The quantitative estimate of drug-likeness (QED) is 0.852. The maximum atomic E-state index is 12.2. The molecule has 0 radical (unpaired) electrons. The molecule has 2 heterocycles. The maximum absolute atomic E-state index is 12.2. The van der Waals surface area contributed by atoms with Crippen LogP contribution in [0.25, 0.3) is 0 Å². The molecule has 1 aromatic rings. The zero-order chi connectivity index (χ0) is 12.1. The lowest BCUT2D eigenvalue weighted by atomic mass is 9.98. The zero-order valence-electron chi connectivity index (χ0n) is 10.2. The third kappa shape index (κ3) is 3.03. The first-order valence-electron chi connectivity index (χ1n) is 6.16. The smallest absolute Gasteiger partial charge is 0.272 e. The number of nitrogens with zero attached hydrogens (tertiary/aromatic N) is 2. The van der Waals surface area contributed by atoms with Crippen LogP contribution in [0.1, 0.15) is 23.3 Å². The molecule has 4 nitrogen and oxygen atoms in total. The number of hydrogen-bond acceptors (Lipinski definition) is 3. The molecule has 0 aromatic carbocycles. The van der Waals surface area contributed by atoms with Gasteiger partial charge in [0.05, 0.1) is 0 Å². The Labute approximate surface area is 102 Å². The molecule has 1 unspecified atom stereocenters. The van der Waals surface area contributed by atoms with Crippen molar-refractivity contribution < 1.29 is 4.79 Å². The number of aromatic nitrogens is 1. The number of carbonyl (C=O) groups is 1. The summed E-state index contributed by atoms with van der Waals surface area (Å²) < 4.78 is 0. The van der Waals surface area contributed by atoms with Crippen LogP contribution in [-0.4, -0.2) is 42.5 Å². The van der Waals surface area contributed by atoms with E-state index in [0.717, 1.165) is 26.1 Å². The van der Waals surface area contributed by atoms with Crippen molar-refractivity contribution in [3.8, 4) is 0 Å². The second-order valence-electron chi connectivity index (χ2n) is 4.53. The lowest BCUT2D eigenvalue weighted by molar-refractivity contribution is 0.0668. The Hall–Kier alpha value is -1.42. The van der Waals surface area contributed by atoms with Gasteiger partial charge in [-0.1, -0.05) is 6.07 Å². The molecule has 0 aliphatic carbocycles.